The van der Waals surface area contributed by atoms with Crippen molar-refractivity contribution in [2.24, 2.45) is 0 Å². The summed E-state index contributed by atoms with van der Waals surface area (Å²) in [7, 11) is 0. The Morgan fingerprint density at radius 2 is 1.92 bits per heavy atom. The number of hydrogen-bond acceptors (Lipinski definition) is 5. The van der Waals surface area contributed by atoms with E-state index in [-0.39, 0.29) is 42.6 Å². The number of hydrogen-bond donors (Lipinski definition) is 2. The van der Waals surface area contributed by atoms with Gasteiger partial charge < -0.3 is 15.4 Å². The van der Waals surface area contributed by atoms with Gasteiger partial charge in [0, 0.05) is 12.6 Å². The van der Waals surface area contributed by atoms with Gasteiger partial charge in [0.15, 0.2) is 12.4 Å². The zero-order valence-corrected chi connectivity index (χ0v) is 12.8. The van der Waals surface area contributed by atoms with Crippen LogP contribution in [0.25, 0.3) is 0 Å². The van der Waals surface area contributed by atoms with E-state index in [2.05, 4.69) is 10.6 Å². The standard InChI is InChI=1S/C16H13F2N3O4/c17-10-3-9(4-11(18)5-10)1-2-19-12-6-13-15(7-14(12)21(23)24)25-8-16(22)20-13/h3-7,19H,1-2,8H2,(H,20,22). The summed E-state index contributed by atoms with van der Waals surface area (Å²) in [5.74, 6) is -1.52. The number of amides is 1. The van der Waals surface area contributed by atoms with E-state index in [0.717, 1.165) is 6.07 Å². The Kier molecular flexibility index (Phi) is 4.46. The maximum Gasteiger partial charge on any atom is 0.296 e. The van der Waals surface area contributed by atoms with E-state index in [1.807, 2.05) is 0 Å². The van der Waals surface area contributed by atoms with E-state index >= 15 is 0 Å². The Labute approximate surface area is 140 Å². The van der Waals surface area contributed by atoms with Crippen LogP contribution in [-0.2, 0) is 11.2 Å². The number of anilines is 2. The zero-order valence-electron chi connectivity index (χ0n) is 12.8. The van der Waals surface area contributed by atoms with Gasteiger partial charge in [0.2, 0.25) is 0 Å². The minimum absolute atomic E-state index is 0.173. The SMILES string of the molecule is O=C1COc2cc([N+](=O)[O-])c(NCCc3cc(F)cc(F)c3)cc2N1. The van der Waals surface area contributed by atoms with Crippen LogP contribution >= 0.6 is 0 Å². The number of fused-ring (bicyclic) bond motifs is 1. The predicted octanol–water partition coefficient (Wildman–Crippen LogP) is 2.86. The molecule has 0 bridgehead atoms. The highest BCUT2D eigenvalue weighted by molar-refractivity contribution is 5.96. The Morgan fingerprint density at radius 1 is 1.20 bits per heavy atom. The molecule has 0 atom stereocenters. The summed E-state index contributed by atoms with van der Waals surface area (Å²) in [5, 5.41) is 16.6. The van der Waals surface area contributed by atoms with Gasteiger partial charge in [-0.3, -0.25) is 14.9 Å². The smallest absolute Gasteiger partial charge is 0.296 e. The molecular weight excluding hydrogens is 336 g/mol. The summed E-state index contributed by atoms with van der Waals surface area (Å²) in [6.45, 7) is -0.000607. The Balaban J connectivity index is 1.77. The van der Waals surface area contributed by atoms with Gasteiger partial charge in [-0.05, 0) is 30.2 Å². The number of carbonyl (C=O) groups excluding carboxylic acids is 1. The number of nitrogens with one attached hydrogen (secondary N) is 2. The zero-order chi connectivity index (χ0) is 18.0. The Morgan fingerprint density at radius 3 is 2.60 bits per heavy atom. The van der Waals surface area contributed by atoms with Crippen LogP contribution in [0.4, 0.5) is 25.8 Å². The molecule has 0 fully saturated rings. The molecule has 0 radical (unpaired) electrons. The normalized spacial score (nSPS) is 12.8. The van der Waals surface area contributed by atoms with Crippen molar-refractivity contribution < 1.29 is 23.2 Å². The molecule has 1 heterocycles. The predicted molar refractivity (Wildman–Crippen MR) is 85.8 cm³/mol. The average molecular weight is 349 g/mol. The van der Waals surface area contributed by atoms with E-state index in [9.17, 15) is 23.7 Å². The lowest BCUT2D eigenvalue weighted by Gasteiger charge is -2.19. The molecule has 25 heavy (non-hydrogen) atoms. The first-order chi connectivity index (χ1) is 11.9. The number of halogens is 2. The number of nitro groups is 1. The molecule has 3 rings (SSSR count). The van der Waals surface area contributed by atoms with Gasteiger partial charge in [0.25, 0.3) is 11.6 Å². The minimum Gasteiger partial charge on any atom is -0.481 e. The van der Waals surface area contributed by atoms with Crippen LogP contribution in [0.1, 0.15) is 5.56 Å². The number of ether oxygens (including phenoxy) is 1. The quantitative estimate of drug-likeness (QED) is 0.639. The van der Waals surface area contributed by atoms with Gasteiger partial charge in [-0.15, -0.1) is 0 Å². The van der Waals surface area contributed by atoms with Crippen LogP contribution in [0, 0.1) is 21.7 Å². The summed E-state index contributed by atoms with van der Waals surface area (Å²) in [6, 6.07) is 5.78. The molecule has 0 aliphatic carbocycles. The van der Waals surface area contributed by atoms with E-state index in [1.54, 1.807) is 0 Å². The van der Waals surface area contributed by atoms with Gasteiger partial charge >= 0.3 is 0 Å². The van der Waals surface area contributed by atoms with Crippen molar-refractivity contribution in [3.8, 4) is 5.75 Å². The lowest BCUT2D eigenvalue weighted by Crippen LogP contribution is -2.25. The molecule has 2 aromatic rings. The summed E-state index contributed by atoms with van der Waals surface area (Å²) in [4.78, 5) is 22.0. The van der Waals surface area contributed by atoms with E-state index < -0.39 is 16.6 Å². The molecule has 0 aromatic heterocycles. The third-order valence-electron chi connectivity index (χ3n) is 3.58. The van der Waals surface area contributed by atoms with Gasteiger partial charge in [-0.25, -0.2) is 8.78 Å². The van der Waals surface area contributed by atoms with E-state index in [4.69, 9.17) is 4.74 Å². The number of nitrogens with zero attached hydrogens (tertiary/aromatic N) is 1. The molecule has 7 nitrogen and oxygen atoms in total. The van der Waals surface area contributed by atoms with Crippen LogP contribution in [0.5, 0.6) is 5.75 Å². The monoisotopic (exact) mass is 349 g/mol. The molecule has 1 aliphatic heterocycles. The maximum atomic E-state index is 13.2. The van der Waals surface area contributed by atoms with Crippen molar-refractivity contribution in [3.63, 3.8) is 0 Å². The number of benzene rings is 2. The van der Waals surface area contributed by atoms with E-state index in [1.165, 1.54) is 24.3 Å². The summed E-state index contributed by atoms with van der Waals surface area (Å²) < 4.78 is 31.5. The second kappa shape index (κ2) is 6.71. The number of nitro benzene ring substituents is 1. The van der Waals surface area contributed by atoms with Crippen molar-refractivity contribution >= 4 is 23.0 Å². The highest BCUT2D eigenvalue weighted by Gasteiger charge is 2.23. The molecule has 1 aliphatic rings. The van der Waals surface area contributed by atoms with Crippen LogP contribution < -0.4 is 15.4 Å². The average Bonchev–Trinajstić information content (AvgIpc) is 2.53. The summed E-state index contributed by atoms with van der Waals surface area (Å²) in [6.07, 6.45) is 0.256. The molecule has 0 saturated heterocycles. The molecule has 0 saturated carbocycles. The molecule has 2 N–H and O–H groups in total. The van der Waals surface area contributed by atoms with Gasteiger partial charge in [-0.2, -0.15) is 0 Å². The lowest BCUT2D eigenvalue weighted by atomic mass is 10.1. The van der Waals surface area contributed by atoms with Crippen molar-refractivity contribution in [1.82, 2.24) is 0 Å². The fourth-order valence-corrected chi connectivity index (χ4v) is 2.51. The van der Waals surface area contributed by atoms with Gasteiger partial charge in [0.05, 0.1) is 16.7 Å². The van der Waals surface area contributed by atoms with Crippen molar-refractivity contribution in [1.29, 1.82) is 0 Å². The first-order valence-corrected chi connectivity index (χ1v) is 7.36. The van der Waals surface area contributed by atoms with Gasteiger partial charge in [-0.1, -0.05) is 0 Å². The first-order valence-electron chi connectivity index (χ1n) is 7.36. The molecule has 130 valence electrons. The minimum atomic E-state index is -0.686. The Hall–Kier alpha value is -3.23. The van der Waals surface area contributed by atoms with Gasteiger partial charge in [0.1, 0.15) is 17.3 Å². The topological polar surface area (TPSA) is 93.5 Å². The van der Waals surface area contributed by atoms with Crippen molar-refractivity contribution in [2.45, 2.75) is 6.42 Å². The molecule has 9 heteroatoms. The van der Waals surface area contributed by atoms with Crippen LogP contribution in [0.15, 0.2) is 30.3 Å². The molecule has 0 unspecified atom stereocenters. The number of carbonyl (C=O) groups is 1. The lowest BCUT2D eigenvalue weighted by molar-refractivity contribution is -0.384. The van der Waals surface area contributed by atoms with E-state index in [0.29, 0.717) is 11.3 Å². The fourth-order valence-electron chi connectivity index (χ4n) is 2.51. The second-order valence-electron chi connectivity index (χ2n) is 5.41. The highest BCUT2D eigenvalue weighted by atomic mass is 19.1. The highest BCUT2D eigenvalue weighted by Crippen LogP contribution is 2.37. The third-order valence-corrected chi connectivity index (χ3v) is 3.58. The molecular formula is C16H13F2N3O4. The van der Waals surface area contributed by atoms with Crippen molar-refractivity contribution in [3.05, 3.63) is 57.6 Å². The van der Waals surface area contributed by atoms with Crippen molar-refractivity contribution in [2.75, 3.05) is 23.8 Å². The summed E-state index contributed by atoms with van der Waals surface area (Å²) >= 11 is 0. The van der Waals surface area contributed by atoms with Crippen LogP contribution in [-0.4, -0.2) is 24.0 Å². The second-order valence-corrected chi connectivity index (χ2v) is 5.41. The Bertz CT molecular complexity index is 837. The van der Waals surface area contributed by atoms with Crippen LogP contribution in [0.2, 0.25) is 0 Å². The molecule has 0 spiro atoms. The maximum absolute atomic E-state index is 13.2. The molecule has 1 amide bonds. The first kappa shape index (κ1) is 16.6. The fraction of sp³-hybridized carbons (Fsp3) is 0.188. The third kappa shape index (κ3) is 3.82. The number of rotatable bonds is 5. The molecule has 2 aromatic carbocycles. The van der Waals surface area contributed by atoms with Crippen LogP contribution in [0.3, 0.4) is 0 Å². The largest absolute Gasteiger partial charge is 0.481 e. The summed E-state index contributed by atoms with van der Waals surface area (Å²) in [5.41, 5.74) is 0.690.